The summed E-state index contributed by atoms with van der Waals surface area (Å²) in [5, 5.41) is 28.0. The average Bonchev–Trinajstić information content (AvgIpc) is 4.05. The maximum atomic E-state index is 12.7. The Morgan fingerprint density at radius 2 is 1.39 bits per heavy atom. The van der Waals surface area contributed by atoms with Gasteiger partial charge in [-0.15, -0.1) is 10.2 Å². The number of nitrogens with zero attached hydrogens (tertiary/aromatic N) is 6. The summed E-state index contributed by atoms with van der Waals surface area (Å²) in [7, 11) is 0. The van der Waals surface area contributed by atoms with Crippen LogP contribution >= 0.6 is 47.1 Å². The third-order valence-electron chi connectivity index (χ3n) is 13.3. The van der Waals surface area contributed by atoms with E-state index in [2.05, 4.69) is 81.8 Å². The molecule has 0 radical (unpaired) electrons. The van der Waals surface area contributed by atoms with E-state index in [1.54, 1.807) is 34.8 Å². The normalized spacial score (nSPS) is 22.0. The van der Waals surface area contributed by atoms with Crippen LogP contribution in [-0.2, 0) is 4.74 Å². The zero-order valence-corrected chi connectivity index (χ0v) is 42.3. The number of thioether (sulfide) groups is 2. The molecule has 2 aliphatic rings. The van der Waals surface area contributed by atoms with Crippen LogP contribution in [0.3, 0.4) is 0 Å². The van der Waals surface area contributed by atoms with E-state index in [-0.39, 0.29) is 28.6 Å². The number of primary amides is 2. The Kier molecular flexibility index (Phi) is 14.3. The zero-order valence-electron chi connectivity index (χ0n) is 39.0. The standard InChI is InChI=1S/C24H35N7O4S2.C19H25N7OS2/c1-22(2,3)35-20(34)28-24(6)9-8-16(23(24,4)5)27-17-14(18(25)32)11-26-31-12-13(10-15(17)31)19(33)29-30-21(36)37-7;1-18(2)13(5-6-19(18,3)21)23-14-11(15(20)27)8-22-26-9-10(7-12(14)26)16-24-25-17(28-4)29-16/h10-12,16,27H,8-9H2,1-7H3,(H2,25,32)(H,28,34)(H,29,33)(H,30,36);7-9,13,23H,5-6,21H2,1-4H3,(H2,20,27)/t16-,24+;13-,19+/m11/s1. The van der Waals surface area contributed by atoms with Crippen LogP contribution in [0.1, 0.15) is 119 Å². The molecule has 4 atom stereocenters. The van der Waals surface area contributed by atoms with Gasteiger partial charge in [-0.3, -0.25) is 25.2 Å². The van der Waals surface area contributed by atoms with Gasteiger partial charge in [-0.1, -0.05) is 74.8 Å². The smallest absolute Gasteiger partial charge is 0.408 e. The molecule has 0 spiro atoms. The van der Waals surface area contributed by atoms with Gasteiger partial charge < -0.3 is 37.9 Å². The lowest BCUT2D eigenvalue weighted by atomic mass is 9.74. The number of rotatable bonds is 10. The van der Waals surface area contributed by atoms with Gasteiger partial charge in [-0.05, 0) is 84.9 Å². The van der Waals surface area contributed by atoms with Gasteiger partial charge in [0, 0.05) is 51.9 Å². The van der Waals surface area contributed by atoms with E-state index < -0.39 is 40.4 Å². The van der Waals surface area contributed by atoms with Gasteiger partial charge in [-0.2, -0.15) is 10.2 Å². The largest absolute Gasteiger partial charge is 0.444 e. The lowest BCUT2D eigenvalue weighted by molar-refractivity contribution is 0.0381. The number of hydrogen-bond donors (Lipinski definition) is 8. The minimum atomic E-state index is -0.651. The monoisotopic (exact) mass is 980 g/mol. The van der Waals surface area contributed by atoms with Crippen LogP contribution in [-0.4, -0.2) is 98.8 Å². The van der Waals surface area contributed by atoms with Crippen LogP contribution in [0.2, 0.25) is 0 Å². The molecule has 23 heteroatoms. The number of alkyl carbamates (subject to hydrolysis) is 1. The summed E-state index contributed by atoms with van der Waals surface area (Å²) >= 11 is 9.42. The molecule has 356 valence electrons. The highest BCUT2D eigenvalue weighted by atomic mass is 32.2. The Balaban J connectivity index is 0.000000224. The molecule has 66 heavy (non-hydrogen) atoms. The molecular formula is C43H60N14O5S4. The predicted molar refractivity (Wildman–Crippen MR) is 266 cm³/mol. The maximum absolute atomic E-state index is 12.7. The number of aromatic nitrogens is 6. The van der Waals surface area contributed by atoms with E-state index in [1.165, 1.54) is 40.0 Å². The second kappa shape index (κ2) is 18.8. The van der Waals surface area contributed by atoms with Crippen LogP contribution in [0.25, 0.3) is 21.6 Å². The van der Waals surface area contributed by atoms with Crippen molar-refractivity contribution < 1.29 is 23.9 Å². The molecule has 19 nitrogen and oxygen atoms in total. The Hall–Kier alpha value is -5.23. The Labute approximate surface area is 401 Å². The van der Waals surface area contributed by atoms with Crippen molar-refractivity contribution in [3.63, 3.8) is 0 Å². The van der Waals surface area contributed by atoms with Gasteiger partial charge in [0.25, 0.3) is 17.7 Å². The van der Waals surface area contributed by atoms with Crippen molar-refractivity contribution >= 4 is 97.6 Å². The Morgan fingerprint density at radius 3 is 1.91 bits per heavy atom. The number of hydrazine groups is 1. The molecule has 0 unspecified atom stereocenters. The molecular weight excluding hydrogens is 921 g/mol. The third-order valence-corrected chi connectivity index (χ3v) is 16.3. The number of nitrogens with two attached hydrogens (primary N) is 3. The average molecular weight is 981 g/mol. The van der Waals surface area contributed by atoms with Crippen molar-refractivity contribution in [3.05, 3.63) is 53.6 Å². The maximum Gasteiger partial charge on any atom is 0.408 e. The molecule has 5 aromatic rings. The minimum absolute atomic E-state index is 0.102. The van der Waals surface area contributed by atoms with Gasteiger partial charge in [-0.25, -0.2) is 13.8 Å². The van der Waals surface area contributed by atoms with Crippen LogP contribution < -0.4 is 44.0 Å². The van der Waals surface area contributed by atoms with Gasteiger partial charge in [0.2, 0.25) is 0 Å². The lowest BCUT2D eigenvalue weighted by Gasteiger charge is -2.42. The molecule has 0 aromatic carbocycles. The van der Waals surface area contributed by atoms with Crippen LogP contribution in [0.15, 0.2) is 41.3 Å². The fourth-order valence-electron chi connectivity index (χ4n) is 8.30. The summed E-state index contributed by atoms with van der Waals surface area (Å²) in [4.78, 5) is 49.7. The summed E-state index contributed by atoms with van der Waals surface area (Å²) in [6.07, 6.45) is 12.8. The second-order valence-electron chi connectivity index (χ2n) is 19.2. The molecule has 0 aliphatic heterocycles. The summed E-state index contributed by atoms with van der Waals surface area (Å²) in [6, 6.07) is 3.55. The molecule has 0 saturated heterocycles. The SMILES string of the molecule is CSC(=S)NNC(=O)c1cc2c(N[C@@H]3CC[C@](C)(NC(=O)OC(C)(C)C)C3(C)C)c(C(N)=O)cnn2c1.CSc1nnc(-c2cc3c(N[C@@H]4CC[C@](C)(N)C4(C)C)c(C(N)=O)cnn3c2)s1. The highest BCUT2D eigenvalue weighted by Crippen LogP contribution is 2.48. The molecule has 5 aromatic heterocycles. The first-order valence-corrected chi connectivity index (χ1v) is 24.9. The van der Waals surface area contributed by atoms with Gasteiger partial charge in [0.1, 0.15) is 10.6 Å². The van der Waals surface area contributed by atoms with E-state index >= 15 is 0 Å². The number of ether oxygens (including phenoxy) is 1. The number of fused-ring (bicyclic) bond motifs is 2. The fourth-order valence-corrected chi connectivity index (χ4v) is 9.76. The van der Waals surface area contributed by atoms with Crippen molar-refractivity contribution in [2.24, 2.45) is 28.0 Å². The number of hydrogen-bond acceptors (Lipinski definition) is 16. The third kappa shape index (κ3) is 10.2. The first-order chi connectivity index (χ1) is 30.7. The zero-order chi connectivity index (χ0) is 48.7. The number of amides is 4. The molecule has 2 saturated carbocycles. The summed E-state index contributed by atoms with van der Waals surface area (Å²) < 4.78 is 10.1. The Bertz CT molecular complexity index is 2690. The topological polar surface area (TPSA) is 276 Å². The van der Waals surface area contributed by atoms with E-state index in [1.807, 2.05) is 46.2 Å². The van der Waals surface area contributed by atoms with Crippen molar-refractivity contribution in [2.45, 2.75) is 121 Å². The first-order valence-electron chi connectivity index (χ1n) is 21.2. The fraction of sp³-hybridized carbons (Fsp3) is 0.512. The molecule has 4 amide bonds. The van der Waals surface area contributed by atoms with E-state index in [4.69, 9.17) is 34.2 Å². The van der Waals surface area contributed by atoms with E-state index in [9.17, 15) is 19.2 Å². The van der Waals surface area contributed by atoms with Crippen molar-refractivity contribution in [2.75, 3.05) is 23.1 Å². The number of carbonyl (C=O) groups excluding carboxylic acids is 4. The molecule has 2 aliphatic carbocycles. The Morgan fingerprint density at radius 1 is 0.833 bits per heavy atom. The van der Waals surface area contributed by atoms with Crippen LogP contribution in [0.4, 0.5) is 16.2 Å². The number of nitrogens with one attached hydrogen (secondary N) is 5. The van der Waals surface area contributed by atoms with Crippen molar-refractivity contribution in [1.82, 2.24) is 45.6 Å². The van der Waals surface area contributed by atoms with Crippen LogP contribution in [0.5, 0.6) is 0 Å². The van der Waals surface area contributed by atoms with E-state index in [0.29, 0.717) is 45.2 Å². The first kappa shape index (κ1) is 50.2. The van der Waals surface area contributed by atoms with E-state index in [0.717, 1.165) is 33.3 Å². The van der Waals surface area contributed by atoms with Gasteiger partial charge in [0.15, 0.2) is 8.66 Å². The number of anilines is 2. The summed E-state index contributed by atoms with van der Waals surface area (Å²) in [5.74, 6) is -1.58. The minimum Gasteiger partial charge on any atom is -0.444 e. The predicted octanol–water partition coefficient (Wildman–Crippen LogP) is 6.19. The molecule has 2 fully saturated rings. The second-order valence-corrected chi connectivity index (χ2v) is 22.7. The number of thiocarbonyl (C=S) groups is 1. The van der Waals surface area contributed by atoms with Crippen molar-refractivity contribution in [1.29, 1.82) is 0 Å². The summed E-state index contributed by atoms with van der Waals surface area (Å²) in [5.41, 5.74) is 25.2. The van der Waals surface area contributed by atoms with Gasteiger partial charge in [0.05, 0.1) is 51.5 Å². The highest BCUT2D eigenvalue weighted by molar-refractivity contribution is 8.22. The van der Waals surface area contributed by atoms with Gasteiger partial charge >= 0.3 is 6.09 Å². The summed E-state index contributed by atoms with van der Waals surface area (Å²) in [6.45, 7) is 17.9. The molecule has 11 N–H and O–H groups in total. The lowest BCUT2D eigenvalue weighted by Crippen LogP contribution is -2.57. The molecule has 0 bridgehead atoms. The molecule has 7 rings (SSSR count). The number of carbonyl (C=O) groups is 4. The molecule has 5 heterocycles. The van der Waals surface area contributed by atoms with Crippen molar-refractivity contribution in [3.8, 4) is 10.6 Å². The highest BCUT2D eigenvalue weighted by Gasteiger charge is 2.53. The quantitative estimate of drug-likeness (QED) is 0.0440. The van der Waals surface area contributed by atoms with Crippen LogP contribution in [0, 0.1) is 10.8 Å².